The summed E-state index contributed by atoms with van der Waals surface area (Å²) in [6.45, 7) is 0.561. The van der Waals surface area contributed by atoms with Gasteiger partial charge >= 0.3 is 0 Å². The van der Waals surface area contributed by atoms with Gasteiger partial charge in [0.2, 0.25) is 5.91 Å². The van der Waals surface area contributed by atoms with E-state index in [9.17, 15) is 4.79 Å². The molecule has 1 heterocycles. The molecular weight excluding hydrogens is 370 g/mol. The number of thioether (sulfide) groups is 1. The summed E-state index contributed by atoms with van der Waals surface area (Å²) in [5.41, 5.74) is 1.06. The molecule has 134 valence electrons. The Hall–Kier alpha value is -2.44. The fraction of sp³-hybridized carbons (Fsp3) is 0.158. The number of ether oxygens (including phenoxy) is 1. The van der Waals surface area contributed by atoms with E-state index in [1.54, 1.807) is 24.1 Å². The third-order valence-electron chi connectivity index (χ3n) is 3.66. The van der Waals surface area contributed by atoms with Crippen molar-refractivity contribution in [3.63, 3.8) is 0 Å². The van der Waals surface area contributed by atoms with Crippen LogP contribution in [0.3, 0.4) is 0 Å². The summed E-state index contributed by atoms with van der Waals surface area (Å²) < 4.78 is 6.88. The average molecular weight is 388 g/mol. The molecular formula is C19H18ClN3O2S. The van der Waals surface area contributed by atoms with Crippen molar-refractivity contribution in [1.29, 1.82) is 0 Å². The van der Waals surface area contributed by atoms with Gasteiger partial charge in [-0.3, -0.25) is 4.79 Å². The molecule has 0 saturated carbocycles. The van der Waals surface area contributed by atoms with E-state index in [4.69, 9.17) is 16.3 Å². The van der Waals surface area contributed by atoms with E-state index in [-0.39, 0.29) is 5.91 Å². The number of halogens is 1. The molecule has 1 amide bonds. The van der Waals surface area contributed by atoms with Crippen LogP contribution in [0.2, 0.25) is 5.02 Å². The van der Waals surface area contributed by atoms with Crippen LogP contribution in [0.15, 0.2) is 65.7 Å². The second-order valence-electron chi connectivity index (χ2n) is 5.51. The number of nitrogens with zero attached hydrogens (tertiary/aromatic N) is 2. The van der Waals surface area contributed by atoms with Gasteiger partial charge in [-0.15, -0.1) is 11.8 Å². The molecule has 1 aromatic heterocycles. The maximum absolute atomic E-state index is 12.2. The lowest BCUT2D eigenvalue weighted by molar-refractivity contribution is -0.113. The topological polar surface area (TPSA) is 56.1 Å². The second kappa shape index (κ2) is 8.78. The molecule has 0 spiro atoms. The normalized spacial score (nSPS) is 10.5. The van der Waals surface area contributed by atoms with E-state index in [1.165, 1.54) is 11.8 Å². The molecule has 7 heteroatoms. The predicted molar refractivity (Wildman–Crippen MR) is 105 cm³/mol. The molecule has 0 fully saturated rings. The standard InChI is InChI=1S/C19H18ClN3O2S/c1-25-16-6-8-17(9-7-16)26-13-19(24)22-18-10-11-21-23(18)12-14-2-4-15(20)5-3-14/h2-11H,12-13H2,1H3,(H,22,24). The number of hydrogen-bond donors (Lipinski definition) is 1. The zero-order chi connectivity index (χ0) is 18.4. The van der Waals surface area contributed by atoms with Gasteiger partial charge in [-0.1, -0.05) is 23.7 Å². The van der Waals surface area contributed by atoms with Crippen molar-refractivity contribution < 1.29 is 9.53 Å². The molecule has 0 bridgehead atoms. The minimum absolute atomic E-state index is 0.0799. The zero-order valence-corrected chi connectivity index (χ0v) is 15.8. The number of benzene rings is 2. The Morgan fingerprint density at radius 2 is 1.88 bits per heavy atom. The highest BCUT2D eigenvalue weighted by atomic mass is 35.5. The molecule has 0 aliphatic heterocycles. The van der Waals surface area contributed by atoms with Crippen molar-refractivity contribution >= 4 is 35.1 Å². The van der Waals surface area contributed by atoms with Gasteiger partial charge in [-0.05, 0) is 42.0 Å². The van der Waals surface area contributed by atoms with Crippen LogP contribution < -0.4 is 10.1 Å². The summed E-state index contributed by atoms with van der Waals surface area (Å²) in [5.74, 6) is 1.70. The lowest BCUT2D eigenvalue weighted by Crippen LogP contribution is -2.17. The van der Waals surface area contributed by atoms with E-state index in [1.807, 2.05) is 48.5 Å². The van der Waals surface area contributed by atoms with E-state index in [2.05, 4.69) is 10.4 Å². The summed E-state index contributed by atoms with van der Waals surface area (Å²) in [6, 6.07) is 17.0. The van der Waals surface area contributed by atoms with Gasteiger partial charge in [0.25, 0.3) is 0 Å². The smallest absolute Gasteiger partial charge is 0.235 e. The molecule has 1 N–H and O–H groups in total. The van der Waals surface area contributed by atoms with Crippen LogP contribution in [0.25, 0.3) is 0 Å². The maximum Gasteiger partial charge on any atom is 0.235 e. The highest BCUT2D eigenvalue weighted by Gasteiger charge is 2.09. The fourth-order valence-electron chi connectivity index (χ4n) is 2.33. The van der Waals surface area contributed by atoms with E-state index < -0.39 is 0 Å². The minimum Gasteiger partial charge on any atom is -0.497 e. The Bertz CT molecular complexity index is 863. The molecule has 0 saturated heterocycles. The van der Waals surface area contributed by atoms with Crippen LogP contribution in [0, 0.1) is 0 Å². The van der Waals surface area contributed by atoms with Crippen LogP contribution in [0.1, 0.15) is 5.56 Å². The van der Waals surface area contributed by atoms with Gasteiger partial charge in [-0.25, -0.2) is 4.68 Å². The average Bonchev–Trinajstić information content (AvgIpc) is 3.09. The van der Waals surface area contributed by atoms with Crippen molar-refractivity contribution in [2.45, 2.75) is 11.4 Å². The van der Waals surface area contributed by atoms with E-state index in [0.29, 0.717) is 23.1 Å². The van der Waals surface area contributed by atoms with Crippen molar-refractivity contribution in [3.05, 3.63) is 71.4 Å². The number of amides is 1. The number of rotatable bonds is 7. The summed E-state index contributed by atoms with van der Waals surface area (Å²) in [7, 11) is 1.63. The van der Waals surface area contributed by atoms with Gasteiger partial charge in [0, 0.05) is 16.0 Å². The third kappa shape index (κ3) is 5.03. The first-order valence-corrected chi connectivity index (χ1v) is 9.33. The van der Waals surface area contributed by atoms with Crippen LogP contribution in [0.5, 0.6) is 5.75 Å². The van der Waals surface area contributed by atoms with Crippen LogP contribution in [-0.2, 0) is 11.3 Å². The van der Waals surface area contributed by atoms with Gasteiger partial charge in [0.05, 0.1) is 25.6 Å². The van der Waals surface area contributed by atoms with Gasteiger partial charge in [0.15, 0.2) is 0 Å². The highest BCUT2D eigenvalue weighted by molar-refractivity contribution is 8.00. The highest BCUT2D eigenvalue weighted by Crippen LogP contribution is 2.21. The van der Waals surface area contributed by atoms with E-state index in [0.717, 1.165) is 16.2 Å². The number of aromatic nitrogens is 2. The van der Waals surface area contributed by atoms with Crippen molar-refractivity contribution in [2.75, 3.05) is 18.2 Å². The molecule has 3 aromatic rings. The molecule has 0 radical (unpaired) electrons. The Morgan fingerprint density at radius 1 is 1.15 bits per heavy atom. The lowest BCUT2D eigenvalue weighted by Gasteiger charge is -2.09. The first kappa shape index (κ1) is 18.4. The van der Waals surface area contributed by atoms with Gasteiger partial charge in [-0.2, -0.15) is 5.10 Å². The van der Waals surface area contributed by atoms with Gasteiger partial charge < -0.3 is 10.1 Å². The van der Waals surface area contributed by atoms with Gasteiger partial charge in [0.1, 0.15) is 11.6 Å². The summed E-state index contributed by atoms with van der Waals surface area (Å²) in [6.07, 6.45) is 1.67. The van der Waals surface area contributed by atoms with Crippen molar-refractivity contribution in [2.24, 2.45) is 0 Å². The molecule has 26 heavy (non-hydrogen) atoms. The number of methoxy groups -OCH3 is 1. The Balaban J connectivity index is 1.56. The Labute approximate surface area is 161 Å². The summed E-state index contributed by atoms with van der Waals surface area (Å²) in [5, 5.41) is 7.87. The molecule has 0 atom stereocenters. The molecule has 0 aliphatic rings. The molecule has 0 unspecified atom stereocenters. The maximum atomic E-state index is 12.2. The Kier molecular flexibility index (Phi) is 6.20. The largest absolute Gasteiger partial charge is 0.497 e. The predicted octanol–water partition coefficient (Wildman–Crippen LogP) is 4.32. The first-order chi connectivity index (χ1) is 12.6. The molecule has 5 nitrogen and oxygen atoms in total. The number of carbonyl (C=O) groups excluding carboxylic acids is 1. The quantitative estimate of drug-likeness (QED) is 0.613. The monoisotopic (exact) mass is 387 g/mol. The second-order valence-corrected chi connectivity index (χ2v) is 7.00. The van der Waals surface area contributed by atoms with Crippen LogP contribution in [0.4, 0.5) is 5.82 Å². The molecule has 3 rings (SSSR count). The summed E-state index contributed by atoms with van der Waals surface area (Å²) in [4.78, 5) is 13.3. The van der Waals surface area contributed by atoms with Crippen molar-refractivity contribution in [1.82, 2.24) is 9.78 Å². The SMILES string of the molecule is COc1ccc(SCC(=O)Nc2ccnn2Cc2ccc(Cl)cc2)cc1. The van der Waals surface area contributed by atoms with Crippen LogP contribution in [-0.4, -0.2) is 28.6 Å². The van der Waals surface area contributed by atoms with Crippen LogP contribution >= 0.6 is 23.4 Å². The lowest BCUT2D eigenvalue weighted by atomic mass is 10.2. The number of hydrogen-bond acceptors (Lipinski definition) is 4. The van der Waals surface area contributed by atoms with Crippen molar-refractivity contribution in [3.8, 4) is 5.75 Å². The molecule has 0 aliphatic carbocycles. The zero-order valence-electron chi connectivity index (χ0n) is 14.2. The third-order valence-corrected chi connectivity index (χ3v) is 4.92. The van der Waals surface area contributed by atoms with E-state index >= 15 is 0 Å². The number of nitrogens with one attached hydrogen (secondary N) is 1. The Morgan fingerprint density at radius 3 is 2.58 bits per heavy atom. The molecule has 2 aromatic carbocycles. The fourth-order valence-corrected chi connectivity index (χ4v) is 3.15. The minimum atomic E-state index is -0.0799. The number of anilines is 1. The number of carbonyl (C=O) groups is 1. The summed E-state index contributed by atoms with van der Waals surface area (Å²) >= 11 is 7.38. The first-order valence-electron chi connectivity index (χ1n) is 7.97.